The lowest BCUT2D eigenvalue weighted by molar-refractivity contribution is 0.0523. The Morgan fingerprint density at radius 3 is 2.44 bits per heavy atom. The highest BCUT2D eigenvalue weighted by atomic mass is 32.2. The average molecular weight is 491 g/mol. The Morgan fingerprint density at radius 2 is 1.82 bits per heavy atom. The number of sulfonamides is 1. The number of aromatic nitrogens is 1. The maximum absolute atomic E-state index is 13.2. The Hall–Kier alpha value is -2.27. The van der Waals surface area contributed by atoms with Gasteiger partial charge in [0.05, 0.1) is 17.9 Å². The number of piperidine rings is 1. The van der Waals surface area contributed by atoms with Crippen molar-refractivity contribution >= 4 is 26.8 Å². The minimum absolute atomic E-state index is 0.0149. The van der Waals surface area contributed by atoms with Crippen molar-refractivity contribution in [3.8, 4) is 0 Å². The summed E-state index contributed by atoms with van der Waals surface area (Å²) in [5.41, 5.74) is 0.687. The third-order valence-electron chi connectivity index (χ3n) is 6.93. The molecule has 2 aliphatic rings. The lowest BCUT2D eigenvalue weighted by Crippen LogP contribution is -2.53. The van der Waals surface area contributed by atoms with Crippen LogP contribution in [-0.4, -0.2) is 72.5 Å². The van der Waals surface area contributed by atoms with Gasteiger partial charge < -0.3 is 15.0 Å². The highest BCUT2D eigenvalue weighted by molar-refractivity contribution is 7.88. The van der Waals surface area contributed by atoms with Gasteiger partial charge in [0.25, 0.3) is 11.5 Å². The first-order valence-electron chi connectivity index (χ1n) is 11.9. The van der Waals surface area contributed by atoms with Gasteiger partial charge in [0.2, 0.25) is 10.0 Å². The van der Waals surface area contributed by atoms with E-state index in [2.05, 4.69) is 14.9 Å². The zero-order valence-corrected chi connectivity index (χ0v) is 20.7. The van der Waals surface area contributed by atoms with Crippen molar-refractivity contribution in [2.75, 3.05) is 19.3 Å². The first-order chi connectivity index (χ1) is 16.0. The monoisotopic (exact) mass is 490 g/mol. The molecule has 3 heterocycles. The number of hydrogen-bond acceptors (Lipinski definition) is 6. The van der Waals surface area contributed by atoms with E-state index in [1.165, 1.54) is 0 Å². The number of carbonyl (C=O) groups excluding carboxylic acids is 1. The van der Waals surface area contributed by atoms with E-state index in [1.54, 1.807) is 10.6 Å². The van der Waals surface area contributed by atoms with Crippen LogP contribution in [0, 0.1) is 0 Å². The number of pyridine rings is 1. The summed E-state index contributed by atoms with van der Waals surface area (Å²) in [6, 6.07) is 9.56. The fraction of sp³-hybridized carbons (Fsp3) is 0.583. The fourth-order valence-electron chi connectivity index (χ4n) is 5.47. The number of aliphatic hydroxyl groups is 1. The molecule has 2 bridgehead atoms. The maximum Gasteiger partial charge on any atom is 0.264 e. The number of nitrogens with zero attached hydrogens (tertiary/aromatic N) is 2. The van der Waals surface area contributed by atoms with Crippen LogP contribution in [0.25, 0.3) is 10.9 Å². The summed E-state index contributed by atoms with van der Waals surface area (Å²) in [6.07, 6.45) is 3.69. The van der Waals surface area contributed by atoms with E-state index in [-0.39, 0.29) is 47.7 Å². The number of aliphatic hydroxyl groups excluding tert-OH is 1. The van der Waals surface area contributed by atoms with Gasteiger partial charge in [0.15, 0.2) is 0 Å². The van der Waals surface area contributed by atoms with Crippen LogP contribution in [0.15, 0.2) is 35.1 Å². The molecule has 2 fully saturated rings. The average Bonchev–Trinajstić information content (AvgIpc) is 2.98. The molecule has 2 aromatic rings. The van der Waals surface area contributed by atoms with Crippen LogP contribution in [-0.2, 0) is 10.0 Å². The summed E-state index contributed by atoms with van der Waals surface area (Å²) >= 11 is 0. The Balaban J connectivity index is 1.44. The van der Waals surface area contributed by atoms with Crippen molar-refractivity contribution in [1.82, 2.24) is 19.5 Å². The van der Waals surface area contributed by atoms with Gasteiger partial charge in [0, 0.05) is 37.3 Å². The SMILES string of the molecule is CC(C)n1c(=O)c(C(=O)NC2C[C@H]3CC[C@@H](C2)N3CC(O)CNS(C)(=O)=O)cc2ccccc21. The number of nitrogens with one attached hydrogen (secondary N) is 2. The Kier molecular flexibility index (Phi) is 7.14. The molecular weight excluding hydrogens is 456 g/mol. The first-order valence-corrected chi connectivity index (χ1v) is 13.8. The summed E-state index contributed by atoms with van der Waals surface area (Å²) < 4.78 is 26.6. The standard InChI is InChI=1S/C24H34N4O5S/c1-15(2)28-22-7-5-4-6-16(22)10-21(24(28)31)23(30)26-17-11-18-8-9-19(12-17)27(18)14-20(29)13-25-34(3,32)33/h4-7,10,15,17-20,25,29H,8-9,11-14H2,1-3H3,(H,26,30)/t17?,18-,19+,20?. The molecule has 1 aromatic heterocycles. The van der Waals surface area contributed by atoms with E-state index in [0.29, 0.717) is 6.54 Å². The van der Waals surface area contributed by atoms with Gasteiger partial charge >= 0.3 is 0 Å². The smallest absolute Gasteiger partial charge is 0.264 e. The third-order valence-corrected chi connectivity index (χ3v) is 7.62. The minimum Gasteiger partial charge on any atom is -0.390 e. The molecule has 3 N–H and O–H groups in total. The highest BCUT2D eigenvalue weighted by Gasteiger charge is 2.41. The molecule has 0 spiro atoms. The van der Waals surface area contributed by atoms with Gasteiger partial charge in [-0.15, -0.1) is 0 Å². The van der Waals surface area contributed by atoms with Crippen LogP contribution in [0.3, 0.4) is 0 Å². The second-order valence-electron chi connectivity index (χ2n) is 9.88. The van der Waals surface area contributed by atoms with E-state index in [9.17, 15) is 23.1 Å². The molecular formula is C24H34N4O5S. The van der Waals surface area contributed by atoms with Gasteiger partial charge in [-0.3, -0.25) is 14.5 Å². The molecule has 2 aliphatic heterocycles. The molecule has 4 atom stereocenters. The zero-order valence-electron chi connectivity index (χ0n) is 19.9. The van der Waals surface area contributed by atoms with Crippen LogP contribution >= 0.6 is 0 Å². The molecule has 2 unspecified atom stereocenters. The van der Waals surface area contributed by atoms with Gasteiger partial charge in [-0.25, -0.2) is 13.1 Å². The number of rotatable bonds is 8. The van der Waals surface area contributed by atoms with Crippen molar-refractivity contribution in [2.45, 2.75) is 69.8 Å². The maximum atomic E-state index is 13.2. The Bertz CT molecular complexity index is 1210. The summed E-state index contributed by atoms with van der Waals surface area (Å²) in [6.45, 7) is 4.24. The Labute approximate surface area is 200 Å². The molecule has 1 amide bonds. The van der Waals surface area contributed by atoms with E-state index in [1.807, 2.05) is 38.1 Å². The van der Waals surface area contributed by atoms with E-state index < -0.39 is 16.1 Å². The Morgan fingerprint density at radius 1 is 1.18 bits per heavy atom. The molecule has 186 valence electrons. The molecule has 2 saturated heterocycles. The number of amides is 1. The van der Waals surface area contributed by atoms with E-state index >= 15 is 0 Å². The predicted molar refractivity (Wildman–Crippen MR) is 131 cm³/mol. The molecule has 1 aromatic carbocycles. The molecule has 4 rings (SSSR count). The van der Waals surface area contributed by atoms with Gasteiger partial charge in [0.1, 0.15) is 5.56 Å². The normalized spacial score (nSPS) is 24.0. The summed E-state index contributed by atoms with van der Waals surface area (Å²) in [4.78, 5) is 28.6. The van der Waals surface area contributed by atoms with Crippen LogP contribution in [0.2, 0.25) is 0 Å². The molecule has 10 heteroatoms. The van der Waals surface area contributed by atoms with Gasteiger partial charge in [-0.1, -0.05) is 18.2 Å². The van der Waals surface area contributed by atoms with Crippen molar-refractivity contribution in [3.63, 3.8) is 0 Å². The number of fused-ring (bicyclic) bond motifs is 3. The van der Waals surface area contributed by atoms with E-state index in [4.69, 9.17) is 0 Å². The second kappa shape index (κ2) is 9.77. The number of para-hydroxylation sites is 1. The second-order valence-corrected chi connectivity index (χ2v) is 11.7. The van der Waals surface area contributed by atoms with Crippen molar-refractivity contribution < 1.29 is 18.3 Å². The fourth-order valence-corrected chi connectivity index (χ4v) is 5.96. The molecule has 0 saturated carbocycles. The highest BCUT2D eigenvalue weighted by Crippen LogP contribution is 2.35. The third kappa shape index (κ3) is 5.35. The van der Waals surface area contributed by atoms with Gasteiger partial charge in [-0.05, 0) is 57.0 Å². The van der Waals surface area contributed by atoms with Gasteiger partial charge in [-0.2, -0.15) is 0 Å². The number of hydrogen-bond donors (Lipinski definition) is 3. The lowest BCUT2D eigenvalue weighted by Gasteiger charge is -2.40. The zero-order chi connectivity index (χ0) is 24.6. The van der Waals surface area contributed by atoms with E-state index in [0.717, 1.165) is 42.8 Å². The van der Waals surface area contributed by atoms with Crippen LogP contribution in [0.5, 0.6) is 0 Å². The largest absolute Gasteiger partial charge is 0.390 e. The molecule has 0 aliphatic carbocycles. The van der Waals surface area contributed by atoms with Crippen LogP contribution in [0.1, 0.15) is 55.9 Å². The number of carbonyl (C=O) groups is 1. The predicted octanol–water partition coefficient (Wildman–Crippen LogP) is 1.22. The summed E-state index contributed by atoms with van der Waals surface area (Å²) in [5, 5.41) is 14.2. The van der Waals surface area contributed by atoms with Crippen molar-refractivity contribution in [2.24, 2.45) is 0 Å². The summed E-state index contributed by atoms with van der Waals surface area (Å²) in [7, 11) is -3.35. The lowest BCUT2D eigenvalue weighted by atomic mass is 9.96. The summed E-state index contributed by atoms with van der Waals surface area (Å²) in [5.74, 6) is -0.347. The minimum atomic E-state index is -3.35. The molecule has 9 nitrogen and oxygen atoms in total. The first kappa shape index (κ1) is 24.8. The topological polar surface area (TPSA) is 121 Å². The quantitative estimate of drug-likeness (QED) is 0.512. The van der Waals surface area contributed by atoms with Crippen molar-refractivity contribution in [1.29, 1.82) is 0 Å². The molecule has 0 radical (unpaired) electrons. The van der Waals surface area contributed by atoms with Crippen LogP contribution in [0.4, 0.5) is 0 Å². The van der Waals surface area contributed by atoms with Crippen LogP contribution < -0.4 is 15.6 Å². The number of benzene rings is 1. The van der Waals surface area contributed by atoms with Crippen molar-refractivity contribution in [3.05, 3.63) is 46.2 Å². The molecule has 34 heavy (non-hydrogen) atoms.